The van der Waals surface area contributed by atoms with Gasteiger partial charge < -0.3 is 10.5 Å². The molecule has 0 amide bonds. The molecular weight excluding hydrogens is 345 g/mol. The van der Waals surface area contributed by atoms with Crippen molar-refractivity contribution < 1.29 is 4.74 Å². The summed E-state index contributed by atoms with van der Waals surface area (Å²) in [6.45, 7) is 2.40. The monoisotopic (exact) mass is 357 g/mol. The molecule has 0 atom stereocenters. The number of hydrogen-bond donors (Lipinski definition) is 3. The number of hydrogen-bond acceptors (Lipinski definition) is 5. The first-order valence-electron chi connectivity index (χ1n) is 5.09. The van der Waals surface area contributed by atoms with Crippen molar-refractivity contribution in [2.75, 3.05) is 12.0 Å². The molecule has 18 heavy (non-hydrogen) atoms. The number of nitrogens with one attached hydrogen (secondary N) is 2. The van der Waals surface area contributed by atoms with Crippen LogP contribution in [0.1, 0.15) is 6.92 Å². The number of nitrogens with zero attached hydrogens (tertiary/aromatic N) is 2. The van der Waals surface area contributed by atoms with Crippen LogP contribution in [0.15, 0.2) is 23.3 Å². The van der Waals surface area contributed by atoms with Crippen LogP contribution < -0.4 is 15.9 Å². The molecule has 4 N–H and O–H groups in total. The summed E-state index contributed by atoms with van der Waals surface area (Å²) in [6.07, 6.45) is 0. The molecule has 0 fully saturated rings. The third kappa shape index (κ3) is 3.89. The second-order valence-corrected chi connectivity index (χ2v) is 4.42. The number of amidine groups is 1. The summed E-state index contributed by atoms with van der Waals surface area (Å²) in [7, 11) is 0. The van der Waals surface area contributed by atoms with Gasteiger partial charge in [0.1, 0.15) is 11.8 Å². The molecule has 0 radical (unpaired) electrons. The number of halogens is 1. The third-order valence-electron chi connectivity index (χ3n) is 1.89. The summed E-state index contributed by atoms with van der Waals surface area (Å²) in [5, 5.41) is 19.6. The Bertz CT molecular complexity index is 521. The second kappa shape index (κ2) is 6.80. The molecule has 94 valence electrons. The molecule has 0 bridgehead atoms. The van der Waals surface area contributed by atoms with E-state index >= 15 is 0 Å². The zero-order valence-electron chi connectivity index (χ0n) is 9.70. The first-order chi connectivity index (χ1) is 8.58. The maximum Gasteiger partial charge on any atom is 0.201 e. The van der Waals surface area contributed by atoms with E-state index in [1.807, 2.05) is 25.1 Å². The fraction of sp³-hybridized carbons (Fsp3) is 0.182. The van der Waals surface area contributed by atoms with Crippen LogP contribution in [0.25, 0.3) is 0 Å². The minimum Gasteiger partial charge on any atom is -0.492 e. The van der Waals surface area contributed by atoms with Gasteiger partial charge in [0.05, 0.1) is 12.3 Å². The van der Waals surface area contributed by atoms with Gasteiger partial charge in [0.2, 0.25) is 5.71 Å². The van der Waals surface area contributed by atoms with Crippen LogP contribution >= 0.6 is 22.6 Å². The average molecular weight is 357 g/mol. The summed E-state index contributed by atoms with van der Waals surface area (Å²) < 4.78 is 6.41. The van der Waals surface area contributed by atoms with Crippen LogP contribution in [0.3, 0.4) is 0 Å². The van der Waals surface area contributed by atoms with E-state index < -0.39 is 0 Å². The minimum atomic E-state index is -0.381. The summed E-state index contributed by atoms with van der Waals surface area (Å²) in [6, 6.07) is 7.26. The Morgan fingerprint density at radius 1 is 1.67 bits per heavy atom. The predicted octanol–water partition coefficient (Wildman–Crippen LogP) is 1.92. The highest BCUT2D eigenvalue weighted by atomic mass is 127. The first-order valence-corrected chi connectivity index (χ1v) is 6.17. The lowest BCUT2D eigenvalue weighted by Crippen LogP contribution is -2.21. The van der Waals surface area contributed by atoms with Crippen LogP contribution in [0.5, 0.6) is 5.75 Å². The normalized spacial score (nSPS) is 10.6. The predicted molar refractivity (Wildman–Crippen MR) is 78.9 cm³/mol. The molecular formula is C11H12IN5O. The maximum absolute atomic E-state index is 8.73. The van der Waals surface area contributed by atoms with Crippen LogP contribution in [0.4, 0.5) is 5.69 Å². The third-order valence-corrected chi connectivity index (χ3v) is 2.56. The van der Waals surface area contributed by atoms with E-state index in [0.717, 1.165) is 3.57 Å². The van der Waals surface area contributed by atoms with Gasteiger partial charge in [-0.05, 0) is 47.7 Å². The molecule has 0 aromatic heterocycles. The second-order valence-electron chi connectivity index (χ2n) is 3.17. The zero-order chi connectivity index (χ0) is 13.5. The summed E-state index contributed by atoms with van der Waals surface area (Å²) in [5.74, 6) is 0.246. The Hall–Kier alpha value is -1.82. The van der Waals surface area contributed by atoms with Crippen LogP contribution in [0.2, 0.25) is 0 Å². The molecule has 0 saturated carbocycles. The number of anilines is 1. The van der Waals surface area contributed by atoms with Crippen LogP contribution in [-0.4, -0.2) is 18.2 Å². The number of nitriles is 1. The topological polar surface area (TPSA) is 107 Å². The minimum absolute atomic E-state index is 0.170. The van der Waals surface area contributed by atoms with E-state index in [4.69, 9.17) is 21.1 Å². The highest BCUT2D eigenvalue weighted by molar-refractivity contribution is 14.1. The number of benzene rings is 1. The Kier molecular flexibility index (Phi) is 5.38. The van der Waals surface area contributed by atoms with Crippen molar-refractivity contribution in [3.05, 3.63) is 21.8 Å². The molecule has 1 aromatic carbocycles. The van der Waals surface area contributed by atoms with Crippen molar-refractivity contribution in [2.45, 2.75) is 6.92 Å². The van der Waals surface area contributed by atoms with Gasteiger partial charge >= 0.3 is 0 Å². The van der Waals surface area contributed by atoms with Crippen molar-refractivity contribution >= 4 is 39.8 Å². The highest BCUT2D eigenvalue weighted by Crippen LogP contribution is 2.26. The Morgan fingerprint density at radius 3 is 2.94 bits per heavy atom. The summed E-state index contributed by atoms with van der Waals surface area (Å²) in [5.41, 5.74) is 8.33. The van der Waals surface area contributed by atoms with Crippen molar-refractivity contribution in [1.82, 2.24) is 0 Å². The summed E-state index contributed by atoms with van der Waals surface area (Å²) >= 11 is 2.15. The SMILES string of the molecule is CCOc1ccc(I)cc1N/N=C(\C#N)C(=N)N. The van der Waals surface area contributed by atoms with Gasteiger partial charge in [-0.25, -0.2) is 0 Å². The van der Waals surface area contributed by atoms with Gasteiger partial charge in [0.25, 0.3) is 0 Å². The van der Waals surface area contributed by atoms with E-state index in [9.17, 15) is 0 Å². The fourth-order valence-electron chi connectivity index (χ4n) is 1.13. The van der Waals surface area contributed by atoms with E-state index in [1.165, 1.54) is 0 Å². The van der Waals surface area contributed by atoms with Crippen LogP contribution in [-0.2, 0) is 0 Å². The van der Waals surface area contributed by atoms with Gasteiger partial charge in [-0.1, -0.05) is 0 Å². The van der Waals surface area contributed by atoms with Gasteiger partial charge in [0, 0.05) is 3.57 Å². The smallest absolute Gasteiger partial charge is 0.201 e. The molecule has 0 aliphatic carbocycles. The zero-order valence-corrected chi connectivity index (χ0v) is 11.9. The Labute approximate surface area is 118 Å². The van der Waals surface area contributed by atoms with E-state index in [1.54, 1.807) is 6.07 Å². The fourth-order valence-corrected chi connectivity index (χ4v) is 1.62. The van der Waals surface area contributed by atoms with Crippen molar-refractivity contribution in [1.29, 1.82) is 10.7 Å². The standard InChI is InChI=1S/C11H12IN5O/c1-2-18-10-4-3-7(12)5-8(10)16-17-9(6-13)11(14)15/h3-5,16H,2H2,1H3,(H3,14,15)/b17-9+. The summed E-state index contributed by atoms with van der Waals surface area (Å²) in [4.78, 5) is 0. The van der Waals surface area contributed by atoms with Gasteiger partial charge in [-0.2, -0.15) is 10.4 Å². The molecule has 0 aliphatic rings. The molecule has 0 spiro atoms. The maximum atomic E-state index is 8.73. The van der Waals surface area contributed by atoms with Crippen molar-refractivity contribution in [2.24, 2.45) is 10.8 Å². The van der Waals surface area contributed by atoms with Crippen molar-refractivity contribution in [3.8, 4) is 11.8 Å². The first kappa shape index (κ1) is 14.2. The lowest BCUT2D eigenvalue weighted by molar-refractivity contribution is 0.341. The number of ether oxygens (including phenoxy) is 1. The Balaban J connectivity index is 2.99. The van der Waals surface area contributed by atoms with Crippen LogP contribution in [0, 0.1) is 20.3 Å². The molecule has 1 aromatic rings. The van der Waals surface area contributed by atoms with Crippen molar-refractivity contribution in [3.63, 3.8) is 0 Å². The number of rotatable bonds is 5. The molecule has 7 heteroatoms. The number of nitrogens with two attached hydrogens (primary N) is 1. The number of hydrazone groups is 1. The molecule has 0 heterocycles. The molecule has 0 unspecified atom stereocenters. The van der Waals surface area contributed by atoms with Gasteiger partial charge in [-0.15, -0.1) is 0 Å². The lowest BCUT2D eigenvalue weighted by Gasteiger charge is -2.09. The highest BCUT2D eigenvalue weighted by Gasteiger charge is 2.05. The van der Waals surface area contributed by atoms with E-state index in [2.05, 4.69) is 33.1 Å². The van der Waals surface area contributed by atoms with E-state index in [0.29, 0.717) is 18.0 Å². The lowest BCUT2D eigenvalue weighted by atomic mass is 10.3. The molecule has 0 saturated heterocycles. The molecule has 0 aliphatic heterocycles. The van der Waals surface area contributed by atoms with Gasteiger partial charge in [-0.3, -0.25) is 10.8 Å². The molecule has 6 nitrogen and oxygen atoms in total. The quantitative estimate of drug-likeness (QED) is 0.324. The van der Waals surface area contributed by atoms with Gasteiger partial charge in [0.15, 0.2) is 5.84 Å². The largest absolute Gasteiger partial charge is 0.492 e. The van der Waals surface area contributed by atoms with E-state index in [-0.39, 0.29) is 11.5 Å². The Morgan fingerprint density at radius 2 is 2.39 bits per heavy atom. The average Bonchev–Trinajstić information content (AvgIpc) is 2.33. The molecule has 1 rings (SSSR count).